The van der Waals surface area contributed by atoms with Crippen LogP contribution in [-0.4, -0.2) is 37.4 Å². The minimum Gasteiger partial charge on any atom is -0.363 e. The molecule has 2 aromatic rings. The maximum absolute atomic E-state index is 12.7. The molecule has 0 radical (unpaired) electrons. The molecule has 1 fully saturated rings. The molecule has 2 amide bonds. The Morgan fingerprint density at radius 1 is 1.28 bits per heavy atom. The number of rotatable bonds is 4. The number of aromatic nitrogens is 1. The van der Waals surface area contributed by atoms with Gasteiger partial charge in [0.15, 0.2) is 0 Å². The molecule has 1 aromatic heterocycles. The summed E-state index contributed by atoms with van der Waals surface area (Å²) >= 11 is 6.07. The van der Waals surface area contributed by atoms with Crippen LogP contribution in [0.1, 0.15) is 23.2 Å². The van der Waals surface area contributed by atoms with Crippen molar-refractivity contribution in [2.75, 3.05) is 35.8 Å². The van der Waals surface area contributed by atoms with Crippen LogP contribution in [0.3, 0.4) is 0 Å². The summed E-state index contributed by atoms with van der Waals surface area (Å²) in [6.45, 7) is 0.596. The van der Waals surface area contributed by atoms with Gasteiger partial charge in [0.2, 0.25) is 5.91 Å². The third-order valence-electron chi connectivity index (χ3n) is 4.03. The van der Waals surface area contributed by atoms with Gasteiger partial charge in [0, 0.05) is 32.1 Å². The lowest BCUT2D eigenvalue weighted by Gasteiger charge is -2.20. The van der Waals surface area contributed by atoms with Gasteiger partial charge in [-0.2, -0.15) is 0 Å². The number of hydrogen-bond acceptors (Lipinski definition) is 4. The summed E-state index contributed by atoms with van der Waals surface area (Å²) < 4.78 is 0. The fourth-order valence-electron chi connectivity index (χ4n) is 2.75. The van der Waals surface area contributed by atoms with E-state index >= 15 is 0 Å². The number of halogens is 1. The molecule has 130 valence electrons. The van der Waals surface area contributed by atoms with Crippen LogP contribution in [0.5, 0.6) is 0 Å². The lowest BCUT2D eigenvalue weighted by molar-refractivity contribution is -0.117. The molecular formula is C18H19ClN4O2. The summed E-state index contributed by atoms with van der Waals surface area (Å²) in [6.07, 6.45) is 2.87. The standard InChI is InChI=1S/C18H19ClN4O2/c1-22(2)16-8-6-13(11-20-16)21-18(25)14-7-5-12(19)10-15(14)23-9-3-4-17(23)24/h5-8,10-11H,3-4,9H2,1-2H3,(H,21,25). The molecular weight excluding hydrogens is 340 g/mol. The number of nitrogens with one attached hydrogen (secondary N) is 1. The Morgan fingerprint density at radius 2 is 2.08 bits per heavy atom. The third-order valence-corrected chi connectivity index (χ3v) is 4.27. The van der Waals surface area contributed by atoms with Gasteiger partial charge in [-0.25, -0.2) is 4.98 Å². The normalized spacial score (nSPS) is 13.9. The van der Waals surface area contributed by atoms with Gasteiger partial charge in [-0.3, -0.25) is 9.59 Å². The second-order valence-corrected chi connectivity index (χ2v) is 6.50. The Morgan fingerprint density at radius 3 is 2.68 bits per heavy atom. The van der Waals surface area contributed by atoms with E-state index in [1.54, 1.807) is 35.4 Å². The highest BCUT2D eigenvalue weighted by Gasteiger charge is 2.26. The number of hydrogen-bond donors (Lipinski definition) is 1. The molecule has 2 heterocycles. The van der Waals surface area contributed by atoms with Gasteiger partial charge >= 0.3 is 0 Å². The number of nitrogens with zero attached hydrogens (tertiary/aromatic N) is 3. The molecule has 0 bridgehead atoms. The highest BCUT2D eigenvalue weighted by molar-refractivity contribution is 6.31. The zero-order valence-electron chi connectivity index (χ0n) is 14.1. The summed E-state index contributed by atoms with van der Waals surface area (Å²) in [7, 11) is 3.79. The number of carbonyl (C=O) groups is 2. The molecule has 6 nitrogen and oxygen atoms in total. The van der Waals surface area contributed by atoms with Gasteiger partial charge < -0.3 is 15.1 Å². The van der Waals surface area contributed by atoms with Gasteiger partial charge in [0.05, 0.1) is 23.1 Å². The number of amides is 2. The minimum atomic E-state index is -0.300. The molecule has 1 aliphatic heterocycles. The molecule has 0 atom stereocenters. The predicted octanol–water partition coefficient (Wildman–Crippen LogP) is 3.18. The SMILES string of the molecule is CN(C)c1ccc(NC(=O)c2ccc(Cl)cc2N2CCCC2=O)cn1. The predicted molar refractivity (Wildman–Crippen MR) is 99.6 cm³/mol. The summed E-state index contributed by atoms with van der Waals surface area (Å²) in [5.41, 5.74) is 1.55. The van der Waals surface area contributed by atoms with Crippen LogP contribution in [0, 0.1) is 0 Å². The molecule has 0 spiro atoms. The lowest BCUT2D eigenvalue weighted by atomic mass is 10.1. The van der Waals surface area contributed by atoms with E-state index in [4.69, 9.17) is 11.6 Å². The first-order valence-electron chi connectivity index (χ1n) is 8.00. The van der Waals surface area contributed by atoms with Crippen LogP contribution >= 0.6 is 11.6 Å². The number of carbonyl (C=O) groups excluding carboxylic acids is 2. The zero-order valence-corrected chi connectivity index (χ0v) is 14.9. The Balaban J connectivity index is 1.85. The molecule has 1 N–H and O–H groups in total. The van der Waals surface area contributed by atoms with E-state index in [-0.39, 0.29) is 11.8 Å². The summed E-state index contributed by atoms with van der Waals surface area (Å²) in [4.78, 5) is 32.5. The fourth-order valence-corrected chi connectivity index (χ4v) is 2.91. The first-order chi connectivity index (χ1) is 12.0. The van der Waals surface area contributed by atoms with E-state index < -0.39 is 0 Å². The Labute approximate surface area is 151 Å². The van der Waals surface area contributed by atoms with Crippen molar-refractivity contribution in [2.24, 2.45) is 0 Å². The van der Waals surface area contributed by atoms with Crippen molar-refractivity contribution >= 4 is 40.6 Å². The van der Waals surface area contributed by atoms with Gasteiger partial charge in [0.1, 0.15) is 5.82 Å². The first kappa shape index (κ1) is 17.2. The highest BCUT2D eigenvalue weighted by Crippen LogP contribution is 2.29. The van der Waals surface area contributed by atoms with E-state index in [1.165, 1.54) is 0 Å². The number of benzene rings is 1. The second kappa shape index (κ2) is 7.11. The van der Waals surface area contributed by atoms with Crippen LogP contribution in [0.25, 0.3) is 0 Å². The topological polar surface area (TPSA) is 65.5 Å². The highest BCUT2D eigenvalue weighted by atomic mass is 35.5. The summed E-state index contributed by atoms with van der Waals surface area (Å²) in [5.74, 6) is 0.506. The summed E-state index contributed by atoms with van der Waals surface area (Å²) in [5, 5.41) is 3.31. The second-order valence-electron chi connectivity index (χ2n) is 6.06. The van der Waals surface area contributed by atoms with E-state index in [9.17, 15) is 9.59 Å². The van der Waals surface area contributed by atoms with Crippen LogP contribution in [-0.2, 0) is 4.79 Å². The maximum Gasteiger partial charge on any atom is 0.257 e. The minimum absolute atomic E-state index is 0.00770. The van der Waals surface area contributed by atoms with Gasteiger partial charge in [-0.15, -0.1) is 0 Å². The molecule has 1 aliphatic rings. The Hall–Kier alpha value is -2.60. The van der Waals surface area contributed by atoms with E-state index in [0.717, 1.165) is 12.2 Å². The number of pyridine rings is 1. The van der Waals surface area contributed by atoms with Crippen LogP contribution in [0.2, 0.25) is 5.02 Å². The van der Waals surface area contributed by atoms with Crippen LogP contribution < -0.4 is 15.1 Å². The van der Waals surface area contributed by atoms with Crippen molar-refractivity contribution in [3.8, 4) is 0 Å². The quantitative estimate of drug-likeness (QED) is 0.911. The Kier molecular flexibility index (Phi) is 4.90. The van der Waals surface area contributed by atoms with Gasteiger partial charge in [-0.05, 0) is 36.8 Å². The molecule has 25 heavy (non-hydrogen) atoms. The van der Waals surface area contributed by atoms with Crippen LogP contribution in [0.15, 0.2) is 36.5 Å². The van der Waals surface area contributed by atoms with Crippen LogP contribution in [0.4, 0.5) is 17.2 Å². The third kappa shape index (κ3) is 3.74. The smallest absolute Gasteiger partial charge is 0.257 e. The molecule has 0 aliphatic carbocycles. The average molecular weight is 359 g/mol. The van der Waals surface area contributed by atoms with Crippen molar-refractivity contribution < 1.29 is 9.59 Å². The fraction of sp³-hybridized carbons (Fsp3) is 0.278. The molecule has 1 saturated heterocycles. The van der Waals surface area contributed by atoms with Crippen molar-refractivity contribution in [1.82, 2.24) is 4.98 Å². The van der Waals surface area contributed by atoms with E-state index in [2.05, 4.69) is 10.3 Å². The Bertz CT molecular complexity index is 805. The van der Waals surface area contributed by atoms with Crippen molar-refractivity contribution in [3.05, 3.63) is 47.1 Å². The maximum atomic E-state index is 12.7. The molecule has 1 aromatic carbocycles. The lowest BCUT2D eigenvalue weighted by Crippen LogP contribution is -2.27. The van der Waals surface area contributed by atoms with Crippen molar-refractivity contribution in [2.45, 2.75) is 12.8 Å². The van der Waals surface area contributed by atoms with Gasteiger partial charge in [-0.1, -0.05) is 11.6 Å². The molecule has 0 saturated carbocycles. The average Bonchev–Trinajstić information content (AvgIpc) is 3.01. The number of anilines is 3. The van der Waals surface area contributed by atoms with E-state index in [0.29, 0.717) is 34.9 Å². The monoisotopic (exact) mass is 358 g/mol. The van der Waals surface area contributed by atoms with Crippen molar-refractivity contribution in [1.29, 1.82) is 0 Å². The van der Waals surface area contributed by atoms with E-state index in [1.807, 2.05) is 25.1 Å². The zero-order chi connectivity index (χ0) is 18.0. The molecule has 7 heteroatoms. The molecule has 3 rings (SSSR count). The van der Waals surface area contributed by atoms with Crippen molar-refractivity contribution in [3.63, 3.8) is 0 Å². The molecule has 0 unspecified atom stereocenters. The van der Waals surface area contributed by atoms with Gasteiger partial charge in [0.25, 0.3) is 5.91 Å². The largest absolute Gasteiger partial charge is 0.363 e. The summed E-state index contributed by atoms with van der Waals surface area (Å²) in [6, 6.07) is 8.56. The first-order valence-corrected chi connectivity index (χ1v) is 8.38.